The van der Waals surface area contributed by atoms with E-state index in [2.05, 4.69) is 31.2 Å². The summed E-state index contributed by atoms with van der Waals surface area (Å²) < 4.78 is 1.67. The Hall–Kier alpha value is -1.07. The quantitative estimate of drug-likeness (QED) is 0.896. The Balaban J connectivity index is 0.00000220. The minimum atomic E-state index is -0.0521. The fraction of sp³-hybridized carbons (Fsp3) is 0.733. The highest BCUT2D eigenvalue weighted by Crippen LogP contribution is 2.25. The normalized spacial score (nSPS) is 22.0. The zero-order chi connectivity index (χ0) is 14.9. The SMILES string of the molecule is Cl.Cn1nc(C(C)(C)C)cc1C(=O)NC1CCCC1CN. The van der Waals surface area contributed by atoms with Crippen LogP contribution in [-0.2, 0) is 12.5 Å². The maximum atomic E-state index is 12.4. The van der Waals surface area contributed by atoms with Crippen molar-refractivity contribution in [2.24, 2.45) is 18.7 Å². The van der Waals surface area contributed by atoms with Gasteiger partial charge in [0.1, 0.15) is 5.69 Å². The summed E-state index contributed by atoms with van der Waals surface area (Å²) in [5.41, 5.74) is 7.27. The first-order valence-electron chi connectivity index (χ1n) is 7.38. The van der Waals surface area contributed by atoms with Gasteiger partial charge in [-0.2, -0.15) is 5.10 Å². The van der Waals surface area contributed by atoms with Gasteiger partial charge >= 0.3 is 0 Å². The van der Waals surface area contributed by atoms with Crippen molar-refractivity contribution in [3.63, 3.8) is 0 Å². The lowest BCUT2D eigenvalue weighted by molar-refractivity contribution is 0.0919. The van der Waals surface area contributed by atoms with Gasteiger partial charge in [0.25, 0.3) is 5.91 Å². The van der Waals surface area contributed by atoms with Crippen molar-refractivity contribution in [1.82, 2.24) is 15.1 Å². The molecule has 1 aliphatic carbocycles. The number of aryl methyl sites for hydroxylation is 1. The molecule has 6 heteroatoms. The molecule has 0 aliphatic heterocycles. The highest BCUT2D eigenvalue weighted by molar-refractivity contribution is 5.93. The largest absolute Gasteiger partial charge is 0.348 e. The van der Waals surface area contributed by atoms with E-state index in [0.717, 1.165) is 25.0 Å². The fourth-order valence-corrected chi connectivity index (χ4v) is 2.80. The van der Waals surface area contributed by atoms with Crippen LogP contribution in [0.3, 0.4) is 0 Å². The molecule has 3 N–H and O–H groups in total. The molecule has 0 spiro atoms. The van der Waals surface area contributed by atoms with E-state index in [4.69, 9.17) is 5.73 Å². The predicted octanol–water partition coefficient (Wildman–Crippen LogP) is 2.00. The summed E-state index contributed by atoms with van der Waals surface area (Å²) in [5.74, 6) is 0.370. The van der Waals surface area contributed by atoms with Crippen LogP contribution in [0.25, 0.3) is 0 Å². The molecule has 1 fully saturated rings. The second-order valence-electron chi connectivity index (χ2n) is 6.80. The lowest BCUT2D eigenvalue weighted by Crippen LogP contribution is -2.40. The Morgan fingerprint density at radius 3 is 2.67 bits per heavy atom. The average molecular weight is 315 g/mol. The molecule has 1 heterocycles. The number of carbonyl (C=O) groups is 1. The van der Waals surface area contributed by atoms with Crippen LogP contribution in [0.5, 0.6) is 0 Å². The van der Waals surface area contributed by atoms with Crippen molar-refractivity contribution in [1.29, 1.82) is 0 Å². The lowest BCUT2D eigenvalue weighted by Gasteiger charge is -2.19. The average Bonchev–Trinajstić information content (AvgIpc) is 2.94. The molecule has 2 atom stereocenters. The minimum Gasteiger partial charge on any atom is -0.348 e. The van der Waals surface area contributed by atoms with Crippen LogP contribution >= 0.6 is 12.4 Å². The third-order valence-electron chi connectivity index (χ3n) is 4.16. The van der Waals surface area contributed by atoms with Crippen LogP contribution in [0.1, 0.15) is 56.2 Å². The van der Waals surface area contributed by atoms with Crippen molar-refractivity contribution in [2.75, 3.05) is 6.54 Å². The van der Waals surface area contributed by atoms with E-state index in [1.807, 2.05) is 13.1 Å². The van der Waals surface area contributed by atoms with Crippen molar-refractivity contribution in [2.45, 2.75) is 51.5 Å². The summed E-state index contributed by atoms with van der Waals surface area (Å²) in [6, 6.07) is 2.10. The van der Waals surface area contributed by atoms with E-state index in [9.17, 15) is 4.79 Å². The van der Waals surface area contributed by atoms with Crippen LogP contribution in [0.4, 0.5) is 0 Å². The fourth-order valence-electron chi connectivity index (χ4n) is 2.80. The van der Waals surface area contributed by atoms with E-state index in [-0.39, 0.29) is 29.8 Å². The van der Waals surface area contributed by atoms with Crippen LogP contribution < -0.4 is 11.1 Å². The van der Waals surface area contributed by atoms with Gasteiger partial charge in [0, 0.05) is 18.5 Å². The third kappa shape index (κ3) is 3.98. The Morgan fingerprint density at radius 1 is 1.48 bits per heavy atom. The topological polar surface area (TPSA) is 72.9 Å². The van der Waals surface area contributed by atoms with Crippen molar-refractivity contribution in [3.05, 3.63) is 17.5 Å². The first-order valence-corrected chi connectivity index (χ1v) is 7.38. The molecule has 21 heavy (non-hydrogen) atoms. The highest BCUT2D eigenvalue weighted by atomic mass is 35.5. The summed E-state index contributed by atoms with van der Waals surface area (Å²) in [6.45, 7) is 6.93. The zero-order valence-electron chi connectivity index (χ0n) is 13.3. The monoisotopic (exact) mass is 314 g/mol. The molecule has 120 valence electrons. The van der Waals surface area contributed by atoms with E-state index in [1.165, 1.54) is 0 Å². The molecular formula is C15H27ClN4O. The number of rotatable bonds is 3. The molecule has 1 amide bonds. The van der Waals surface area contributed by atoms with E-state index in [0.29, 0.717) is 18.2 Å². The maximum Gasteiger partial charge on any atom is 0.269 e. The number of nitrogens with one attached hydrogen (secondary N) is 1. The summed E-state index contributed by atoms with van der Waals surface area (Å²) >= 11 is 0. The molecule has 1 aliphatic rings. The van der Waals surface area contributed by atoms with Gasteiger partial charge < -0.3 is 11.1 Å². The minimum absolute atomic E-state index is 0. The number of amides is 1. The Bertz CT molecular complexity index is 492. The summed E-state index contributed by atoms with van der Waals surface area (Å²) in [5, 5.41) is 7.57. The zero-order valence-corrected chi connectivity index (χ0v) is 14.2. The second-order valence-corrected chi connectivity index (χ2v) is 6.80. The van der Waals surface area contributed by atoms with E-state index >= 15 is 0 Å². The number of halogens is 1. The van der Waals surface area contributed by atoms with Crippen molar-refractivity contribution in [3.8, 4) is 0 Å². The third-order valence-corrected chi connectivity index (χ3v) is 4.16. The molecule has 0 radical (unpaired) electrons. The molecule has 2 unspecified atom stereocenters. The van der Waals surface area contributed by atoms with Crippen LogP contribution in [0, 0.1) is 5.92 Å². The van der Waals surface area contributed by atoms with Gasteiger partial charge in [-0.1, -0.05) is 27.2 Å². The molecule has 0 bridgehead atoms. The number of hydrogen-bond donors (Lipinski definition) is 2. The molecule has 1 aromatic heterocycles. The number of nitrogens with two attached hydrogens (primary N) is 1. The first-order chi connectivity index (χ1) is 9.32. The molecule has 5 nitrogen and oxygen atoms in total. The lowest BCUT2D eigenvalue weighted by atomic mass is 9.92. The van der Waals surface area contributed by atoms with Crippen molar-refractivity contribution < 1.29 is 4.79 Å². The van der Waals surface area contributed by atoms with Crippen molar-refractivity contribution >= 4 is 18.3 Å². The van der Waals surface area contributed by atoms with Gasteiger partial charge in [-0.15, -0.1) is 12.4 Å². The number of hydrogen-bond acceptors (Lipinski definition) is 3. The number of carbonyl (C=O) groups excluding carboxylic acids is 1. The Kier molecular flexibility index (Phi) is 5.82. The van der Waals surface area contributed by atoms with E-state index < -0.39 is 0 Å². The summed E-state index contributed by atoms with van der Waals surface area (Å²) in [6.07, 6.45) is 3.28. The molecule has 1 saturated carbocycles. The van der Waals surface area contributed by atoms with Crippen LogP contribution in [-0.4, -0.2) is 28.3 Å². The van der Waals surface area contributed by atoms with Gasteiger partial charge in [-0.05, 0) is 31.4 Å². The molecular weight excluding hydrogens is 288 g/mol. The van der Waals surface area contributed by atoms with Gasteiger partial charge in [0.15, 0.2) is 0 Å². The Labute approximate surface area is 133 Å². The standard InChI is InChI=1S/C15H26N4O.ClH/c1-15(2,3)13-8-12(19(4)18-13)14(20)17-11-7-5-6-10(11)9-16;/h8,10-11H,5-7,9,16H2,1-4H3,(H,17,20);1H. The molecule has 2 rings (SSSR count). The van der Waals surface area contributed by atoms with Crippen LogP contribution in [0.15, 0.2) is 6.07 Å². The second kappa shape index (κ2) is 6.79. The Morgan fingerprint density at radius 2 is 2.14 bits per heavy atom. The van der Waals surface area contributed by atoms with Gasteiger partial charge in [0.2, 0.25) is 0 Å². The molecule has 0 saturated heterocycles. The van der Waals surface area contributed by atoms with E-state index in [1.54, 1.807) is 4.68 Å². The molecule has 1 aromatic rings. The van der Waals surface area contributed by atoms with Crippen LogP contribution in [0.2, 0.25) is 0 Å². The number of aromatic nitrogens is 2. The highest BCUT2D eigenvalue weighted by Gasteiger charge is 2.29. The number of nitrogens with zero attached hydrogens (tertiary/aromatic N) is 2. The van der Waals surface area contributed by atoms with Gasteiger partial charge in [-0.3, -0.25) is 9.48 Å². The smallest absolute Gasteiger partial charge is 0.269 e. The maximum absolute atomic E-state index is 12.4. The summed E-state index contributed by atoms with van der Waals surface area (Å²) in [7, 11) is 1.82. The summed E-state index contributed by atoms with van der Waals surface area (Å²) in [4.78, 5) is 12.4. The molecule has 0 aromatic carbocycles. The van der Waals surface area contributed by atoms with Gasteiger partial charge in [0.05, 0.1) is 5.69 Å². The van der Waals surface area contributed by atoms with Gasteiger partial charge in [-0.25, -0.2) is 0 Å². The predicted molar refractivity (Wildman–Crippen MR) is 86.8 cm³/mol. The first kappa shape index (κ1) is 18.0.